The Hall–Kier alpha value is -2.04. The first-order valence-electron chi connectivity index (χ1n) is 8.79. The molecule has 2 aliphatic carbocycles. The molecule has 1 aromatic carbocycles. The van der Waals surface area contributed by atoms with Crippen LogP contribution < -0.4 is 15.6 Å². The second-order valence-electron chi connectivity index (χ2n) is 7.29. The van der Waals surface area contributed by atoms with Gasteiger partial charge in [-0.3, -0.25) is 20.4 Å². The van der Waals surface area contributed by atoms with E-state index >= 15 is 0 Å². The topological polar surface area (TPSA) is 67.4 Å². The number of carbonyl (C=O) groups is 2. The molecule has 0 spiro atoms. The number of hydrazine groups is 1. The van der Waals surface area contributed by atoms with Crippen LogP contribution in [0.25, 0.3) is 0 Å². The third-order valence-electron chi connectivity index (χ3n) is 5.38. The molecule has 2 aliphatic rings. The molecule has 0 saturated heterocycles. The molecule has 2 amide bonds. The number of ether oxygens (including phenoxy) is 1. The molecule has 5 nitrogen and oxygen atoms in total. The van der Waals surface area contributed by atoms with Gasteiger partial charge in [0.25, 0.3) is 5.91 Å². The first-order chi connectivity index (χ1) is 11.5. The maximum absolute atomic E-state index is 12.0. The Labute approximate surface area is 143 Å². The van der Waals surface area contributed by atoms with Gasteiger partial charge in [0.1, 0.15) is 5.75 Å². The van der Waals surface area contributed by atoms with E-state index < -0.39 is 0 Å². The highest BCUT2D eigenvalue weighted by atomic mass is 16.5. The van der Waals surface area contributed by atoms with Gasteiger partial charge in [-0.1, -0.05) is 18.6 Å². The number of nitrogens with one attached hydrogen (secondary N) is 2. The number of hydrogen-bond acceptors (Lipinski definition) is 3. The lowest BCUT2D eigenvalue weighted by Crippen LogP contribution is -2.44. The van der Waals surface area contributed by atoms with Gasteiger partial charge in [0, 0.05) is 6.42 Å². The van der Waals surface area contributed by atoms with E-state index in [-0.39, 0.29) is 18.4 Å². The second-order valence-corrected chi connectivity index (χ2v) is 7.29. The summed E-state index contributed by atoms with van der Waals surface area (Å²) in [5.41, 5.74) is 7.01. The van der Waals surface area contributed by atoms with Crippen LogP contribution >= 0.6 is 0 Å². The monoisotopic (exact) mass is 330 g/mol. The fourth-order valence-corrected chi connectivity index (χ4v) is 4.10. The molecular formula is C19H26N2O3. The van der Waals surface area contributed by atoms with Crippen molar-refractivity contribution in [2.24, 2.45) is 17.8 Å². The molecule has 3 unspecified atom stereocenters. The number of amides is 2. The van der Waals surface area contributed by atoms with E-state index in [1.807, 2.05) is 32.0 Å². The van der Waals surface area contributed by atoms with Gasteiger partial charge in [0.15, 0.2) is 6.61 Å². The quantitative estimate of drug-likeness (QED) is 0.816. The van der Waals surface area contributed by atoms with Crippen molar-refractivity contribution in [3.8, 4) is 5.75 Å². The molecule has 2 bridgehead atoms. The lowest BCUT2D eigenvalue weighted by molar-refractivity contribution is -0.130. The van der Waals surface area contributed by atoms with Crippen LogP contribution in [0.15, 0.2) is 18.2 Å². The predicted octanol–water partition coefficient (Wildman–Crippen LogP) is 2.66. The van der Waals surface area contributed by atoms with Crippen LogP contribution in [0.1, 0.15) is 43.2 Å². The highest BCUT2D eigenvalue weighted by Crippen LogP contribution is 2.49. The SMILES string of the molecule is Cc1ccc(C)c(OCC(=O)NNC(=O)CC2CC3CCC2C3)c1. The molecular weight excluding hydrogens is 304 g/mol. The van der Waals surface area contributed by atoms with E-state index in [1.54, 1.807) is 0 Å². The molecule has 2 N–H and O–H groups in total. The summed E-state index contributed by atoms with van der Waals surface area (Å²) < 4.78 is 5.52. The van der Waals surface area contributed by atoms with Gasteiger partial charge >= 0.3 is 0 Å². The van der Waals surface area contributed by atoms with E-state index in [9.17, 15) is 9.59 Å². The summed E-state index contributed by atoms with van der Waals surface area (Å²) >= 11 is 0. The predicted molar refractivity (Wildman–Crippen MR) is 91.3 cm³/mol. The van der Waals surface area contributed by atoms with Gasteiger partial charge in [-0.05, 0) is 68.1 Å². The van der Waals surface area contributed by atoms with Crippen molar-refractivity contribution in [2.45, 2.75) is 46.0 Å². The number of fused-ring (bicyclic) bond motifs is 2. The van der Waals surface area contributed by atoms with Crippen molar-refractivity contribution < 1.29 is 14.3 Å². The minimum absolute atomic E-state index is 0.104. The smallest absolute Gasteiger partial charge is 0.276 e. The number of rotatable bonds is 5. The normalized spacial score (nSPS) is 24.7. The molecule has 1 aromatic rings. The zero-order chi connectivity index (χ0) is 17.1. The Balaban J connectivity index is 1.37. The Morgan fingerprint density at radius 3 is 2.62 bits per heavy atom. The number of hydrogen-bond donors (Lipinski definition) is 2. The molecule has 3 atom stereocenters. The van der Waals surface area contributed by atoms with Gasteiger partial charge < -0.3 is 4.74 Å². The van der Waals surface area contributed by atoms with Gasteiger partial charge in [-0.25, -0.2) is 0 Å². The number of carbonyl (C=O) groups excluding carboxylic acids is 2. The highest BCUT2D eigenvalue weighted by molar-refractivity contribution is 5.82. The van der Waals surface area contributed by atoms with Crippen LogP contribution in [0, 0.1) is 31.6 Å². The second kappa shape index (κ2) is 7.24. The molecule has 2 saturated carbocycles. The Bertz CT molecular complexity index is 629. The summed E-state index contributed by atoms with van der Waals surface area (Å²) in [7, 11) is 0. The van der Waals surface area contributed by atoms with Crippen LogP contribution in [-0.4, -0.2) is 18.4 Å². The molecule has 0 aromatic heterocycles. The van der Waals surface area contributed by atoms with E-state index in [0.29, 0.717) is 24.0 Å². The molecule has 5 heteroatoms. The number of aryl methyl sites for hydroxylation is 2. The Kier molecular flexibility index (Phi) is 5.07. The summed E-state index contributed by atoms with van der Waals surface area (Å²) in [5.74, 6) is 2.27. The minimum Gasteiger partial charge on any atom is -0.483 e. The summed E-state index contributed by atoms with van der Waals surface area (Å²) in [5, 5.41) is 0. The van der Waals surface area contributed by atoms with Crippen molar-refractivity contribution in [2.75, 3.05) is 6.61 Å². The van der Waals surface area contributed by atoms with Crippen LogP contribution in [0.3, 0.4) is 0 Å². The zero-order valence-corrected chi connectivity index (χ0v) is 14.4. The standard InChI is InChI=1S/C19H26N2O3/c1-12-3-4-13(2)17(7-12)24-11-19(23)21-20-18(22)10-16-9-14-5-6-15(16)8-14/h3-4,7,14-16H,5-6,8-11H2,1-2H3,(H,20,22)(H,21,23). The Morgan fingerprint density at radius 2 is 1.92 bits per heavy atom. The lowest BCUT2D eigenvalue weighted by Gasteiger charge is -2.20. The highest BCUT2D eigenvalue weighted by Gasteiger charge is 2.40. The summed E-state index contributed by atoms with van der Waals surface area (Å²) in [6, 6.07) is 5.86. The van der Waals surface area contributed by atoms with Gasteiger partial charge in [0.2, 0.25) is 5.91 Å². The van der Waals surface area contributed by atoms with Crippen molar-refractivity contribution in [1.82, 2.24) is 10.9 Å². The van der Waals surface area contributed by atoms with E-state index in [4.69, 9.17) is 4.74 Å². The third-order valence-corrected chi connectivity index (χ3v) is 5.38. The minimum atomic E-state index is -0.350. The van der Waals surface area contributed by atoms with E-state index in [2.05, 4.69) is 10.9 Å². The van der Waals surface area contributed by atoms with Gasteiger partial charge in [-0.15, -0.1) is 0 Å². The molecule has 0 radical (unpaired) electrons. The average molecular weight is 330 g/mol. The third kappa shape index (κ3) is 4.08. The first-order valence-corrected chi connectivity index (χ1v) is 8.79. The van der Waals surface area contributed by atoms with Crippen molar-refractivity contribution in [1.29, 1.82) is 0 Å². The van der Waals surface area contributed by atoms with Crippen molar-refractivity contribution >= 4 is 11.8 Å². The van der Waals surface area contributed by atoms with E-state index in [0.717, 1.165) is 17.0 Å². The first kappa shape index (κ1) is 16.8. The maximum atomic E-state index is 12.0. The zero-order valence-electron chi connectivity index (χ0n) is 14.4. The fourth-order valence-electron chi connectivity index (χ4n) is 4.10. The maximum Gasteiger partial charge on any atom is 0.276 e. The molecule has 130 valence electrons. The van der Waals surface area contributed by atoms with Crippen LogP contribution in [0.5, 0.6) is 5.75 Å². The summed E-state index contributed by atoms with van der Waals surface area (Å²) in [6.45, 7) is 3.80. The van der Waals surface area contributed by atoms with Crippen molar-refractivity contribution in [3.05, 3.63) is 29.3 Å². The molecule has 0 heterocycles. The Morgan fingerprint density at radius 1 is 1.12 bits per heavy atom. The van der Waals surface area contributed by atoms with Crippen molar-refractivity contribution in [3.63, 3.8) is 0 Å². The van der Waals surface area contributed by atoms with Gasteiger partial charge in [0.05, 0.1) is 0 Å². The van der Waals surface area contributed by atoms with Crippen LogP contribution in [0.4, 0.5) is 0 Å². The van der Waals surface area contributed by atoms with E-state index in [1.165, 1.54) is 25.7 Å². The molecule has 0 aliphatic heterocycles. The molecule has 2 fully saturated rings. The number of benzene rings is 1. The average Bonchev–Trinajstić information content (AvgIpc) is 3.16. The van der Waals surface area contributed by atoms with Crippen LogP contribution in [0.2, 0.25) is 0 Å². The fraction of sp³-hybridized carbons (Fsp3) is 0.579. The molecule has 24 heavy (non-hydrogen) atoms. The summed E-state index contributed by atoms with van der Waals surface area (Å²) in [6.07, 6.45) is 5.56. The largest absolute Gasteiger partial charge is 0.483 e. The lowest BCUT2D eigenvalue weighted by atomic mass is 9.86. The van der Waals surface area contributed by atoms with Gasteiger partial charge in [-0.2, -0.15) is 0 Å². The van der Waals surface area contributed by atoms with Crippen LogP contribution in [-0.2, 0) is 9.59 Å². The summed E-state index contributed by atoms with van der Waals surface area (Å²) in [4.78, 5) is 23.8. The molecule has 3 rings (SSSR count).